The van der Waals surface area contributed by atoms with Crippen LogP contribution in [0.1, 0.15) is 28.9 Å². The van der Waals surface area contributed by atoms with E-state index in [2.05, 4.69) is 27.0 Å². The number of carbonyl (C=O) groups excluding carboxylic acids is 1. The molecule has 2 aliphatic heterocycles. The second-order valence-corrected chi connectivity index (χ2v) is 7.39. The minimum Gasteiger partial charge on any atom is -0.371 e. The molecule has 0 aromatic carbocycles. The maximum atomic E-state index is 12.7. The van der Waals surface area contributed by atoms with Crippen LogP contribution in [0.15, 0.2) is 41.5 Å². The third-order valence-electron chi connectivity index (χ3n) is 5.67. The monoisotopic (exact) mass is 352 g/mol. The number of rotatable bonds is 2. The number of aryl methyl sites for hydroxylation is 1. The van der Waals surface area contributed by atoms with E-state index in [1.54, 1.807) is 6.07 Å². The topological polar surface area (TPSA) is 69.3 Å². The maximum Gasteiger partial charge on any atom is 0.254 e. The van der Waals surface area contributed by atoms with Gasteiger partial charge in [-0.25, -0.2) is 0 Å². The van der Waals surface area contributed by atoms with Crippen LogP contribution in [-0.2, 0) is 0 Å². The molecule has 0 spiro atoms. The first-order valence-electron chi connectivity index (χ1n) is 9.26. The Balaban J connectivity index is 1.42. The van der Waals surface area contributed by atoms with Crippen LogP contribution in [0.2, 0.25) is 0 Å². The van der Waals surface area contributed by atoms with Crippen molar-refractivity contribution in [1.82, 2.24) is 14.9 Å². The van der Waals surface area contributed by atoms with Gasteiger partial charge < -0.3 is 14.8 Å². The second-order valence-electron chi connectivity index (χ2n) is 7.39. The van der Waals surface area contributed by atoms with Gasteiger partial charge in [0.05, 0.1) is 0 Å². The fourth-order valence-electron chi connectivity index (χ4n) is 4.26. The summed E-state index contributed by atoms with van der Waals surface area (Å²) in [6.07, 6.45) is 5.59. The maximum absolute atomic E-state index is 12.7. The smallest absolute Gasteiger partial charge is 0.254 e. The van der Waals surface area contributed by atoms with Gasteiger partial charge in [-0.1, -0.05) is 0 Å². The highest BCUT2D eigenvalue weighted by atomic mass is 16.2. The Morgan fingerprint density at radius 3 is 2.54 bits per heavy atom. The van der Waals surface area contributed by atoms with Gasteiger partial charge in [0.25, 0.3) is 5.91 Å². The zero-order valence-electron chi connectivity index (χ0n) is 15.0. The normalized spacial score (nSPS) is 22.8. The number of H-pyrrole nitrogens is 1. The summed E-state index contributed by atoms with van der Waals surface area (Å²) >= 11 is 0. The number of nitrogens with zero attached hydrogens (tertiary/aromatic N) is 3. The number of likely N-dealkylation sites (tertiary alicyclic amines) is 1. The van der Waals surface area contributed by atoms with Gasteiger partial charge in [0.15, 0.2) is 0 Å². The molecule has 4 heterocycles. The van der Waals surface area contributed by atoms with Crippen molar-refractivity contribution >= 4 is 11.6 Å². The summed E-state index contributed by atoms with van der Waals surface area (Å²) in [6.45, 7) is 5.63. The van der Waals surface area contributed by atoms with Crippen molar-refractivity contribution in [3.8, 4) is 0 Å². The minimum absolute atomic E-state index is 0.0224. The largest absolute Gasteiger partial charge is 0.371 e. The molecule has 2 fully saturated rings. The molecule has 0 radical (unpaired) electrons. The average Bonchev–Trinajstić information content (AvgIpc) is 2.94. The molecule has 2 saturated heterocycles. The van der Waals surface area contributed by atoms with E-state index in [4.69, 9.17) is 0 Å². The molecule has 0 aliphatic carbocycles. The lowest BCUT2D eigenvalue weighted by Crippen LogP contribution is -2.31. The SMILES string of the molecule is Cc1cc(N2CC[C@@H]3CN(C(=O)c4cc[nH]c(=O)c4)C[C@@H]3CC2)ccn1. The predicted octanol–water partition coefficient (Wildman–Crippen LogP) is 2.07. The number of hydrogen-bond donors (Lipinski definition) is 1. The molecule has 1 N–H and O–H groups in total. The molecule has 26 heavy (non-hydrogen) atoms. The molecule has 2 atom stereocenters. The van der Waals surface area contributed by atoms with E-state index in [9.17, 15) is 9.59 Å². The molecule has 2 aliphatic rings. The molecule has 2 aromatic rings. The summed E-state index contributed by atoms with van der Waals surface area (Å²) in [7, 11) is 0. The Hall–Kier alpha value is -2.63. The third kappa shape index (κ3) is 3.36. The molecular weight excluding hydrogens is 328 g/mol. The number of nitrogens with one attached hydrogen (secondary N) is 1. The standard InChI is InChI=1S/C20H24N4O2/c1-14-10-18(3-7-21-14)23-8-4-16-12-24(13-17(16)5-9-23)20(26)15-2-6-22-19(25)11-15/h2-3,6-7,10-11,16-17H,4-5,8-9,12-13H2,1H3,(H,22,25)/t16-,17+. The van der Waals surface area contributed by atoms with E-state index < -0.39 is 0 Å². The van der Waals surface area contributed by atoms with Gasteiger partial charge in [0, 0.05) is 61.6 Å². The fourth-order valence-corrected chi connectivity index (χ4v) is 4.26. The first kappa shape index (κ1) is 16.8. The van der Waals surface area contributed by atoms with Gasteiger partial charge >= 0.3 is 0 Å². The second kappa shape index (κ2) is 6.94. The number of amides is 1. The van der Waals surface area contributed by atoms with Gasteiger partial charge in [0.1, 0.15) is 0 Å². The van der Waals surface area contributed by atoms with Gasteiger partial charge in [-0.15, -0.1) is 0 Å². The van der Waals surface area contributed by atoms with E-state index in [0.29, 0.717) is 17.4 Å². The van der Waals surface area contributed by atoms with Crippen molar-refractivity contribution in [3.63, 3.8) is 0 Å². The number of aromatic nitrogens is 2. The zero-order chi connectivity index (χ0) is 18.1. The summed E-state index contributed by atoms with van der Waals surface area (Å²) in [4.78, 5) is 35.4. The molecule has 136 valence electrons. The van der Waals surface area contributed by atoms with E-state index in [-0.39, 0.29) is 11.5 Å². The number of aromatic amines is 1. The molecule has 6 nitrogen and oxygen atoms in total. The number of carbonyl (C=O) groups is 1. The molecule has 4 rings (SSSR count). The van der Waals surface area contributed by atoms with Crippen molar-refractivity contribution in [1.29, 1.82) is 0 Å². The highest BCUT2D eigenvalue weighted by Crippen LogP contribution is 2.33. The predicted molar refractivity (Wildman–Crippen MR) is 100 cm³/mol. The first-order valence-corrected chi connectivity index (χ1v) is 9.26. The van der Waals surface area contributed by atoms with Gasteiger partial charge in [-0.05, 0) is 49.8 Å². The van der Waals surface area contributed by atoms with Gasteiger partial charge in [-0.2, -0.15) is 0 Å². The molecular formula is C20H24N4O2. The number of anilines is 1. The van der Waals surface area contributed by atoms with Crippen molar-refractivity contribution in [3.05, 3.63) is 58.3 Å². The zero-order valence-corrected chi connectivity index (χ0v) is 15.0. The number of fused-ring (bicyclic) bond motifs is 1. The van der Waals surface area contributed by atoms with Crippen LogP contribution < -0.4 is 10.5 Å². The Morgan fingerprint density at radius 2 is 1.88 bits per heavy atom. The van der Waals surface area contributed by atoms with Crippen LogP contribution in [0.25, 0.3) is 0 Å². The highest BCUT2D eigenvalue weighted by Gasteiger charge is 2.37. The summed E-state index contributed by atoms with van der Waals surface area (Å²) in [5.41, 5.74) is 2.54. The van der Waals surface area contributed by atoms with Crippen molar-refractivity contribution in [2.24, 2.45) is 11.8 Å². The van der Waals surface area contributed by atoms with Crippen molar-refractivity contribution in [2.45, 2.75) is 19.8 Å². The van der Waals surface area contributed by atoms with E-state index in [1.807, 2.05) is 18.0 Å². The Kier molecular flexibility index (Phi) is 4.49. The molecule has 0 saturated carbocycles. The highest BCUT2D eigenvalue weighted by molar-refractivity contribution is 5.94. The van der Waals surface area contributed by atoms with E-state index in [1.165, 1.54) is 18.0 Å². The Labute approximate surface area is 152 Å². The van der Waals surface area contributed by atoms with E-state index in [0.717, 1.165) is 44.7 Å². The summed E-state index contributed by atoms with van der Waals surface area (Å²) in [5.74, 6) is 1.05. The summed E-state index contributed by atoms with van der Waals surface area (Å²) in [6, 6.07) is 7.30. The number of pyridine rings is 2. The average molecular weight is 352 g/mol. The molecule has 0 unspecified atom stereocenters. The van der Waals surface area contributed by atoms with Gasteiger partial charge in [0.2, 0.25) is 5.56 Å². The molecule has 6 heteroatoms. The van der Waals surface area contributed by atoms with Crippen molar-refractivity contribution in [2.75, 3.05) is 31.1 Å². The van der Waals surface area contributed by atoms with Crippen LogP contribution in [-0.4, -0.2) is 47.0 Å². The Bertz CT molecular complexity index is 847. The number of hydrogen-bond acceptors (Lipinski definition) is 4. The van der Waals surface area contributed by atoms with Crippen LogP contribution in [0.5, 0.6) is 0 Å². The lowest BCUT2D eigenvalue weighted by Gasteiger charge is -2.24. The lowest BCUT2D eigenvalue weighted by molar-refractivity contribution is 0.0782. The van der Waals surface area contributed by atoms with Crippen LogP contribution in [0, 0.1) is 18.8 Å². The van der Waals surface area contributed by atoms with Gasteiger partial charge in [-0.3, -0.25) is 14.6 Å². The first-order chi connectivity index (χ1) is 12.6. The molecule has 0 bridgehead atoms. The Morgan fingerprint density at radius 1 is 1.15 bits per heavy atom. The molecule has 2 aromatic heterocycles. The summed E-state index contributed by atoms with van der Waals surface area (Å²) in [5, 5.41) is 0. The third-order valence-corrected chi connectivity index (χ3v) is 5.67. The lowest BCUT2D eigenvalue weighted by atomic mass is 9.92. The fraction of sp³-hybridized carbons (Fsp3) is 0.450. The summed E-state index contributed by atoms with van der Waals surface area (Å²) < 4.78 is 0. The van der Waals surface area contributed by atoms with Crippen LogP contribution >= 0.6 is 0 Å². The quantitative estimate of drug-likeness (QED) is 0.898. The van der Waals surface area contributed by atoms with Crippen LogP contribution in [0.3, 0.4) is 0 Å². The van der Waals surface area contributed by atoms with Crippen molar-refractivity contribution < 1.29 is 4.79 Å². The van der Waals surface area contributed by atoms with E-state index >= 15 is 0 Å². The minimum atomic E-state index is -0.229. The molecule has 1 amide bonds. The van der Waals surface area contributed by atoms with Crippen LogP contribution in [0.4, 0.5) is 5.69 Å².